The van der Waals surface area contributed by atoms with Crippen molar-refractivity contribution >= 4 is 22.6 Å². The summed E-state index contributed by atoms with van der Waals surface area (Å²) in [4.78, 5) is 20.5. The van der Waals surface area contributed by atoms with Gasteiger partial charge in [-0.1, -0.05) is 12.1 Å². The number of hydrogen-bond acceptors (Lipinski definition) is 4. The van der Waals surface area contributed by atoms with Crippen LogP contribution in [0.3, 0.4) is 0 Å². The van der Waals surface area contributed by atoms with E-state index in [-0.39, 0.29) is 23.7 Å². The zero-order valence-corrected chi connectivity index (χ0v) is 15.5. The molecular formula is C21H19F3N4O. The first-order valence-electron chi connectivity index (χ1n) is 9.37. The Balaban J connectivity index is 1.50. The molecule has 1 aromatic carbocycles. The molecular weight excluding hydrogens is 381 g/mol. The maximum Gasteiger partial charge on any atom is 0.418 e. The lowest BCUT2D eigenvalue weighted by molar-refractivity contribution is -0.136. The molecule has 1 fully saturated rings. The summed E-state index contributed by atoms with van der Waals surface area (Å²) in [6, 6.07) is 11.3. The van der Waals surface area contributed by atoms with Gasteiger partial charge in [-0.15, -0.1) is 0 Å². The van der Waals surface area contributed by atoms with E-state index in [0.29, 0.717) is 23.3 Å². The monoisotopic (exact) mass is 400 g/mol. The topological polar surface area (TPSA) is 66.9 Å². The van der Waals surface area contributed by atoms with Crippen LogP contribution in [-0.2, 0) is 6.18 Å². The molecule has 4 rings (SSSR count). The summed E-state index contributed by atoms with van der Waals surface area (Å²) in [6.07, 6.45) is -1.07. The lowest BCUT2D eigenvalue weighted by Gasteiger charge is -2.13. The molecule has 1 amide bonds. The van der Waals surface area contributed by atoms with Crippen molar-refractivity contribution in [2.45, 2.75) is 24.9 Å². The summed E-state index contributed by atoms with van der Waals surface area (Å²) in [5, 5.41) is 6.09. The van der Waals surface area contributed by atoms with Gasteiger partial charge in [-0.2, -0.15) is 13.2 Å². The number of carbonyl (C=O) groups excluding carboxylic acids is 1. The van der Waals surface area contributed by atoms with Gasteiger partial charge in [0.15, 0.2) is 0 Å². The van der Waals surface area contributed by atoms with E-state index in [0.717, 1.165) is 12.8 Å². The number of nitrogens with zero attached hydrogens (tertiary/aromatic N) is 2. The fraction of sp³-hybridized carbons (Fsp3) is 0.286. The molecule has 2 heterocycles. The van der Waals surface area contributed by atoms with Gasteiger partial charge in [0.2, 0.25) is 0 Å². The normalized spacial score (nSPS) is 14.0. The highest BCUT2D eigenvalue weighted by Crippen LogP contribution is 2.44. The van der Waals surface area contributed by atoms with Crippen molar-refractivity contribution in [2.75, 3.05) is 18.4 Å². The Kier molecular flexibility index (Phi) is 5.08. The number of halogens is 3. The SMILES string of the molecule is O=C(NCCNc1ccccn1)c1ccc2cc(C3CC3)cc(C(F)(F)F)c2n1. The van der Waals surface area contributed by atoms with E-state index in [9.17, 15) is 18.0 Å². The van der Waals surface area contributed by atoms with E-state index >= 15 is 0 Å². The molecule has 3 aromatic rings. The fourth-order valence-electron chi connectivity index (χ4n) is 3.18. The zero-order chi connectivity index (χ0) is 20.4. The van der Waals surface area contributed by atoms with Gasteiger partial charge in [-0.3, -0.25) is 4.79 Å². The molecule has 1 aliphatic carbocycles. The van der Waals surface area contributed by atoms with Gasteiger partial charge < -0.3 is 10.6 Å². The van der Waals surface area contributed by atoms with Crippen LogP contribution in [0.25, 0.3) is 10.9 Å². The largest absolute Gasteiger partial charge is 0.418 e. The lowest BCUT2D eigenvalue weighted by Crippen LogP contribution is -2.29. The molecule has 0 aliphatic heterocycles. The second-order valence-electron chi connectivity index (χ2n) is 7.01. The van der Waals surface area contributed by atoms with Crippen molar-refractivity contribution in [3.8, 4) is 0 Å². The number of anilines is 1. The van der Waals surface area contributed by atoms with Crippen molar-refractivity contribution in [1.29, 1.82) is 0 Å². The van der Waals surface area contributed by atoms with Crippen LogP contribution < -0.4 is 10.6 Å². The van der Waals surface area contributed by atoms with Crippen LogP contribution in [0.15, 0.2) is 48.7 Å². The van der Waals surface area contributed by atoms with Crippen LogP contribution in [-0.4, -0.2) is 29.0 Å². The highest BCUT2D eigenvalue weighted by molar-refractivity contribution is 5.95. The van der Waals surface area contributed by atoms with Gasteiger partial charge >= 0.3 is 6.18 Å². The highest BCUT2D eigenvalue weighted by atomic mass is 19.4. The third-order valence-corrected chi connectivity index (χ3v) is 4.78. The number of pyridine rings is 2. The molecule has 0 atom stereocenters. The Hall–Kier alpha value is -3.16. The number of nitrogens with one attached hydrogen (secondary N) is 2. The Morgan fingerprint density at radius 3 is 2.62 bits per heavy atom. The number of aromatic nitrogens is 2. The third-order valence-electron chi connectivity index (χ3n) is 4.78. The first kappa shape index (κ1) is 19.2. The minimum atomic E-state index is -4.53. The van der Waals surface area contributed by atoms with E-state index in [4.69, 9.17) is 0 Å². The fourth-order valence-corrected chi connectivity index (χ4v) is 3.18. The Bertz CT molecular complexity index is 1030. The summed E-state index contributed by atoms with van der Waals surface area (Å²) in [5.74, 6) is 0.344. The molecule has 0 saturated heterocycles. The summed E-state index contributed by atoms with van der Waals surface area (Å²) >= 11 is 0. The van der Waals surface area contributed by atoms with E-state index in [1.165, 1.54) is 18.2 Å². The van der Waals surface area contributed by atoms with Crippen LogP contribution in [0.4, 0.5) is 19.0 Å². The molecule has 0 spiro atoms. The van der Waals surface area contributed by atoms with E-state index in [2.05, 4.69) is 20.6 Å². The van der Waals surface area contributed by atoms with Gasteiger partial charge in [0.05, 0.1) is 11.1 Å². The summed E-state index contributed by atoms with van der Waals surface area (Å²) in [7, 11) is 0. The number of fused-ring (bicyclic) bond motifs is 1. The summed E-state index contributed by atoms with van der Waals surface area (Å²) in [6.45, 7) is 0.705. The second kappa shape index (κ2) is 7.69. The predicted octanol–water partition coefficient (Wildman–Crippen LogP) is 4.37. The van der Waals surface area contributed by atoms with Crippen molar-refractivity contribution in [3.63, 3.8) is 0 Å². The molecule has 0 unspecified atom stereocenters. The van der Waals surface area contributed by atoms with Gasteiger partial charge in [-0.25, -0.2) is 9.97 Å². The highest BCUT2D eigenvalue weighted by Gasteiger charge is 2.36. The standard InChI is InChI=1S/C21H19F3N4O/c22-21(23,24)16-12-15(13-4-5-13)11-14-6-7-17(28-19(14)16)20(29)27-10-9-26-18-3-1-2-8-25-18/h1-3,6-8,11-13H,4-5,9-10H2,(H,25,26)(H,27,29). The Morgan fingerprint density at radius 1 is 1.10 bits per heavy atom. The lowest BCUT2D eigenvalue weighted by atomic mass is 10.0. The first-order valence-corrected chi connectivity index (χ1v) is 9.37. The molecule has 1 saturated carbocycles. The molecule has 5 nitrogen and oxygen atoms in total. The maximum atomic E-state index is 13.6. The van der Waals surface area contributed by atoms with Crippen molar-refractivity contribution < 1.29 is 18.0 Å². The Morgan fingerprint density at radius 2 is 1.93 bits per heavy atom. The van der Waals surface area contributed by atoms with Crippen molar-refractivity contribution in [1.82, 2.24) is 15.3 Å². The Labute approximate surface area is 165 Å². The van der Waals surface area contributed by atoms with Crippen LogP contribution in [0.1, 0.15) is 40.4 Å². The van der Waals surface area contributed by atoms with E-state index in [1.807, 2.05) is 6.07 Å². The van der Waals surface area contributed by atoms with Crippen LogP contribution >= 0.6 is 0 Å². The number of benzene rings is 1. The molecule has 0 radical (unpaired) electrons. The van der Waals surface area contributed by atoms with Crippen LogP contribution in [0.5, 0.6) is 0 Å². The van der Waals surface area contributed by atoms with Crippen molar-refractivity contribution in [2.24, 2.45) is 0 Å². The van der Waals surface area contributed by atoms with Gasteiger partial charge in [0, 0.05) is 24.7 Å². The second-order valence-corrected chi connectivity index (χ2v) is 7.01. The maximum absolute atomic E-state index is 13.6. The minimum absolute atomic E-state index is 0.0417. The molecule has 150 valence electrons. The van der Waals surface area contributed by atoms with Gasteiger partial charge in [0.1, 0.15) is 11.5 Å². The smallest absolute Gasteiger partial charge is 0.368 e. The van der Waals surface area contributed by atoms with Crippen LogP contribution in [0.2, 0.25) is 0 Å². The van der Waals surface area contributed by atoms with Gasteiger partial charge in [0.25, 0.3) is 5.91 Å². The third kappa shape index (κ3) is 4.47. The summed E-state index contributed by atoms with van der Waals surface area (Å²) in [5.41, 5.74) is -0.339. The van der Waals surface area contributed by atoms with Gasteiger partial charge in [-0.05, 0) is 54.7 Å². The van der Waals surface area contributed by atoms with E-state index < -0.39 is 17.6 Å². The average Bonchev–Trinajstić information content (AvgIpc) is 3.55. The van der Waals surface area contributed by atoms with E-state index in [1.54, 1.807) is 24.4 Å². The quantitative estimate of drug-likeness (QED) is 0.603. The zero-order valence-electron chi connectivity index (χ0n) is 15.5. The average molecular weight is 400 g/mol. The predicted molar refractivity (Wildman–Crippen MR) is 104 cm³/mol. The summed E-state index contributed by atoms with van der Waals surface area (Å²) < 4.78 is 40.7. The number of alkyl halides is 3. The van der Waals surface area contributed by atoms with Crippen molar-refractivity contribution in [3.05, 3.63) is 65.5 Å². The molecule has 1 aliphatic rings. The molecule has 2 N–H and O–H groups in total. The number of rotatable bonds is 6. The first-order chi connectivity index (χ1) is 13.9. The number of carbonyl (C=O) groups is 1. The minimum Gasteiger partial charge on any atom is -0.368 e. The molecule has 29 heavy (non-hydrogen) atoms. The molecule has 0 bridgehead atoms. The van der Waals surface area contributed by atoms with Crippen LogP contribution in [0, 0.1) is 0 Å². The number of hydrogen-bond donors (Lipinski definition) is 2. The number of amides is 1. The molecule has 2 aromatic heterocycles. The molecule has 8 heteroatoms.